The number of hydrazone groups is 1. The van der Waals surface area contributed by atoms with E-state index in [1.807, 2.05) is 18.0 Å². The number of rotatable bonds is 5. The second-order valence-electron chi connectivity index (χ2n) is 5.47. The highest BCUT2D eigenvalue weighted by molar-refractivity contribution is 7.15. The SMILES string of the molecule is C/C(=N\C#N)N(C)Cc1ccc(Cl)nc1.CN/C(=N\[N+](=O)[O-])NCc1cnc(Cl)s1. The van der Waals surface area contributed by atoms with Crippen LogP contribution < -0.4 is 10.6 Å². The van der Waals surface area contributed by atoms with Crippen LogP contribution >= 0.6 is 34.5 Å². The second-order valence-corrected chi connectivity index (χ2v) is 7.56. The first-order valence-corrected chi connectivity index (χ1v) is 9.82. The number of pyridine rings is 1. The molecule has 14 heteroatoms. The van der Waals surface area contributed by atoms with E-state index < -0.39 is 5.03 Å². The summed E-state index contributed by atoms with van der Waals surface area (Å²) in [6.45, 7) is 2.83. The van der Waals surface area contributed by atoms with Crippen molar-refractivity contribution in [1.82, 2.24) is 25.5 Å². The van der Waals surface area contributed by atoms with E-state index in [1.54, 1.807) is 31.6 Å². The number of amidine groups is 1. The Morgan fingerprint density at radius 3 is 2.63 bits per heavy atom. The van der Waals surface area contributed by atoms with Crippen LogP contribution in [0.4, 0.5) is 0 Å². The van der Waals surface area contributed by atoms with Crippen molar-refractivity contribution >= 4 is 46.3 Å². The highest BCUT2D eigenvalue weighted by atomic mass is 35.5. The highest BCUT2D eigenvalue weighted by Gasteiger charge is 2.04. The second kappa shape index (κ2) is 13.3. The number of nitro groups is 1. The van der Waals surface area contributed by atoms with Crippen LogP contribution in [-0.4, -0.2) is 45.8 Å². The molecule has 0 saturated carbocycles. The molecule has 0 fully saturated rings. The van der Waals surface area contributed by atoms with Gasteiger partial charge in [-0.1, -0.05) is 29.3 Å². The Morgan fingerprint density at radius 2 is 2.13 bits per heavy atom. The van der Waals surface area contributed by atoms with Crippen LogP contribution in [0.25, 0.3) is 0 Å². The average Bonchev–Trinajstić information content (AvgIpc) is 3.12. The van der Waals surface area contributed by atoms with Crippen molar-refractivity contribution in [3.05, 3.63) is 54.7 Å². The van der Waals surface area contributed by atoms with Crippen molar-refractivity contribution in [1.29, 1.82) is 5.26 Å². The van der Waals surface area contributed by atoms with Crippen molar-refractivity contribution in [3.8, 4) is 6.19 Å². The first-order chi connectivity index (χ1) is 14.2. The summed E-state index contributed by atoms with van der Waals surface area (Å²) in [7, 11) is 3.40. The molecule has 2 heterocycles. The van der Waals surface area contributed by atoms with Crippen molar-refractivity contribution in [3.63, 3.8) is 0 Å². The molecule has 0 aromatic carbocycles. The highest BCUT2D eigenvalue weighted by Crippen LogP contribution is 2.17. The van der Waals surface area contributed by atoms with Gasteiger partial charge in [0.15, 0.2) is 9.50 Å². The van der Waals surface area contributed by atoms with E-state index in [0.717, 1.165) is 10.4 Å². The lowest BCUT2D eigenvalue weighted by atomic mass is 10.3. The lowest BCUT2D eigenvalue weighted by molar-refractivity contribution is -0.485. The lowest BCUT2D eigenvalue weighted by Gasteiger charge is -2.17. The standard InChI is InChI=1S/C10H11ClN4.C6H8ClN5O2S/c1-8(14-7-12)15(2)6-9-3-4-10(11)13-5-9;1-8-6(11-12(13)14)10-3-4-2-9-5(7)15-4/h3-5H,6H2,1-2H3;2H,3H2,1H3,(H2,8,10,11)/b14-8+;. The number of hydrogen-bond acceptors (Lipinski definition) is 7. The molecule has 11 nitrogen and oxygen atoms in total. The van der Waals surface area contributed by atoms with Gasteiger partial charge in [-0.05, 0) is 18.6 Å². The summed E-state index contributed by atoms with van der Waals surface area (Å²) in [6, 6.07) is 3.63. The third-order valence-electron chi connectivity index (χ3n) is 3.35. The Bertz CT molecular complexity index is 926. The molecule has 2 rings (SSSR count). The maximum atomic E-state index is 10.1. The molecule has 0 unspecified atom stereocenters. The van der Waals surface area contributed by atoms with Crippen LogP contribution in [0, 0.1) is 21.6 Å². The fraction of sp³-hybridized carbons (Fsp3) is 0.312. The minimum atomic E-state index is -0.779. The third-order valence-corrected chi connectivity index (χ3v) is 4.68. The topological polar surface area (TPSA) is 145 Å². The fourth-order valence-corrected chi connectivity index (χ4v) is 2.87. The van der Waals surface area contributed by atoms with Crippen molar-refractivity contribution < 1.29 is 5.03 Å². The van der Waals surface area contributed by atoms with E-state index in [0.29, 0.717) is 28.5 Å². The maximum Gasteiger partial charge on any atom is 0.268 e. The van der Waals surface area contributed by atoms with E-state index in [2.05, 4.69) is 30.7 Å². The van der Waals surface area contributed by atoms with E-state index in [4.69, 9.17) is 28.5 Å². The van der Waals surface area contributed by atoms with Gasteiger partial charge in [0.2, 0.25) is 6.19 Å². The van der Waals surface area contributed by atoms with Crippen molar-refractivity contribution in [2.75, 3.05) is 14.1 Å². The predicted molar refractivity (Wildman–Crippen MR) is 117 cm³/mol. The monoisotopic (exact) mass is 471 g/mol. The van der Waals surface area contributed by atoms with Crippen molar-refractivity contribution in [2.24, 2.45) is 10.1 Å². The molecule has 0 aliphatic carbocycles. The van der Waals surface area contributed by atoms with Gasteiger partial charge in [-0.2, -0.15) is 10.3 Å². The van der Waals surface area contributed by atoms with Gasteiger partial charge in [0.25, 0.3) is 5.96 Å². The molecule has 0 radical (unpaired) electrons. The number of hydrogen-bond donors (Lipinski definition) is 2. The zero-order valence-electron chi connectivity index (χ0n) is 16.3. The van der Waals surface area contributed by atoms with Gasteiger partial charge >= 0.3 is 0 Å². The van der Waals surface area contributed by atoms with Crippen LogP contribution in [0.1, 0.15) is 17.4 Å². The van der Waals surface area contributed by atoms with Gasteiger partial charge in [-0.25, -0.2) is 20.1 Å². The minimum absolute atomic E-state index is 0.0875. The molecule has 160 valence electrons. The van der Waals surface area contributed by atoms with Crippen LogP contribution in [-0.2, 0) is 13.1 Å². The molecule has 30 heavy (non-hydrogen) atoms. The molecular weight excluding hydrogens is 453 g/mol. The van der Waals surface area contributed by atoms with Gasteiger partial charge in [0.1, 0.15) is 16.1 Å². The molecule has 2 aromatic rings. The Morgan fingerprint density at radius 1 is 1.40 bits per heavy atom. The number of aliphatic imine (C=N–C) groups is 1. The van der Waals surface area contributed by atoms with Crippen LogP contribution in [0.5, 0.6) is 0 Å². The van der Waals surface area contributed by atoms with E-state index in [9.17, 15) is 10.1 Å². The number of halogens is 2. The summed E-state index contributed by atoms with van der Waals surface area (Å²) >= 11 is 12.6. The number of guanidine groups is 1. The van der Waals surface area contributed by atoms with E-state index in [1.165, 1.54) is 18.4 Å². The smallest absolute Gasteiger partial charge is 0.268 e. The first-order valence-electron chi connectivity index (χ1n) is 8.25. The lowest BCUT2D eigenvalue weighted by Crippen LogP contribution is -2.34. The zero-order valence-corrected chi connectivity index (χ0v) is 18.7. The van der Waals surface area contributed by atoms with E-state index in [-0.39, 0.29) is 5.96 Å². The molecule has 0 saturated heterocycles. The first kappa shape index (κ1) is 25.0. The van der Waals surface area contributed by atoms with Crippen LogP contribution in [0.15, 0.2) is 34.6 Å². The summed E-state index contributed by atoms with van der Waals surface area (Å²) in [4.78, 5) is 24.3. The van der Waals surface area contributed by atoms with Gasteiger partial charge in [-0.3, -0.25) is 0 Å². The molecule has 2 N–H and O–H groups in total. The Balaban J connectivity index is 0.000000300. The Kier molecular flexibility index (Phi) is 11.1. The van der Waals surface area contributed by atoms with Gasteiger partial charge in [-0.15, -0.1) is 11.3 Å². The number of nitriles is 1. The van der Waals surface area contributed by atoms with Gasteiger partial charge in [0, 0.05) is 37.9 Å². The maximum absolute atomic E-state index is 10.1. The number of thiazole rings is 1. The normalized spacial score (nSPS) is 11.1. The van der Waals surface area contributed by atoms with Crippen LogP contribution in [0.2, 0.25) is 9.62 Å². The third kappa shape index (κ3) is 9.97. The summed E-state index contributed by atoms with van der Waals surface area (Å²) in [5, 5.41) is 26.6. The largest absolute Gasteiger partial charge is 0.358 e. The Labute approximate surface area is 187 Å². The molecule has 0 spiro atoms. The van der Waals surface area contributed by atoms with E-state index >= 15 is 0 Å². The summed E-state index contributed by atoms with van der Waals surface area (Å²) in [6.07, 6.45) is 5.06. The van der Waals surface area contributed by atoms with Gasteiger partial charge in [0.05, 0.1) is 6.54 Å². The molecule has 0 aliphatic rings. The van der Waals surface area contributed by atoms with Crippen molar-refractivity contribution in [2.45, 2.75) is 20.0 Å². The van der Waals surface area contributed by atoms with Crippen LogP contribution in [0.3, 0.4) is 0 Å². The Hall–Kier alpha value is -3.01. The fourth-order valence-electron chi connectivity index (χ4n) is 1.84. The molecule has 0 amide bonds. The molecule has 2 aromatic heterocycles. The quantitative estimate of drug-likeness (QED) is 0.169. The summed E-state index contributed by atoms with van der Waals surface area (Å²) in [5.74, 6) is 0.761. The molecule has 0 atom stereocenters. The molecule has 0 bridgehead atoms. The summed E-state index contributed by atoms with van der Waals surface area (Å²) in [5.41, 5.74) is 1.02. The predicted octanol–water partition coefficient (Wildman–Crippen LogP) is 2.72. The number of nitrogens with one attached hydrogen (secondary N) is 2. The minimum Gasteiger partial charge on any atom is -0.358 e. The zero-order chi connectivity index (χ0) is 22.5. The molecular formula is C16H19Cl2N9O2S. The van der Waals surface area contributed by atoms with Gasteiger partial charge < -0.3 is 15.5 Å². The summed E-state index contributed by atoms with van der Waals surface area (Å²) < 4.78 is 0.434. The molecule has 0 aliphatic heterocycles. The average molecular weight is 472 g/mol. The number of aromatic nitrogens is 2. The number of nitrogens with zero attached hydrogens (tertiary/aromatic N) is 7.